The summed E-state index contributed by atoms with van der Waals surface area (Å²) in [6, 6.07) is 9.23. The maximum absolute atomic E-state index is 12.6. The first kappa shape index (κ1) is 20.5. The largest absolute Gasteiger partial charge is 0.301 e. The highest BCUT2D eigenvalue weighted by molar-refractivity contribution is 7.88. The Morgan fingerprint density at radius 1 is 1.07 bits per heavy atom. The lowest BCUT2D eigenvalue weighted by atomic mass is 10.0. The zero-order valence-electron chi connectivity index (χ0n) is 16.3. The summed E-state index contributed by atoms with van der Waals surface area (Å²) in [7, 11) is -3.34. The number of anilines is 1. The van der Waals surface area contributed by atoms with Gasteiger partial charge in [0.25, 0.3) is 0 Å². The van der Waals surface area contributed by atoms with Crippen LogP contribution in [0.25, 0.3) is 0 Å². The summed E-state index contributed by atoms with van der Waals surface area (Å²) in [5.74, 6) is -0.0695. The van der Waals surface area contributed by atoms with Gasteiger partial charge in [0.05, 0.1) is 18.0 Å². The lowest BCUT2D eigenvalue weighted by Gasteiger charge is -2.33. The third-order valence-corrected chi connectivity index (χ3v) is 8.30. The zero-order valence-corrected chi connectivity index (χ0v) is 18.0. The van der Waals surface area contributed by atoms with Crippen molar-refractivity contribution in [1.82, 2.24) is 14.2 Å². The normalized spacial score (nSPS) is 18.3. The van der Waals surface area contributed by atoms with Crippen LogP contribution in [0.2, 0.25) is 0 Å². The predicted octanol–water partition coefficient (Wildman–Crippen LogP) is 2.11. The van der Waals surface area contributed by atoms with Crippen molar-refractivity contribution in [1.29, 1.82) is 0 Å². The molecule has 1 amide bonds. The van der Waals surface area contributed by atoms with Crippen molar-refractivity contribution < 1.29 is 13.2 Å². The quantitative estimate of drug-likeness (QED) is 0.753. The van der Waals surface area contributed by atoms with Gasteiger partial charge < -0.3 is 5.32 Å². The summed E-state index contributed by atoms with van der Waals surface area (Å²) < 4.78 is 26.8. The van der Waals surface area contributed by atoms with Crippen molar-refractivity contribution in [3.05, 3.63) is 46.5 Å². The Hall–Kier alpha value is -1.81. The van der Waals surface area contributed by atoms with Gasteiger partial charge in [0, 0.05) is 31.1 Å². The molecule has 7 nitrogen and oxygen atoms in total. The summed E-state index contributed by atoms with van der Waals surface area (Å²) in [5.41, 5.74) is 1.93. The van der Waals surface area contributed by atoms with Gasteiger partial charge in [0.2, 0.25) is 15.9 Å². The van der Waals surface area contributed by atoms with Gasteiger partial charge >= 0.3 is 0 Å². The highest BCUT2D eigenvalue weighted by Gasteiger charge is 2.28. The van der Waals surface area contributed by atoms with E-state index in [-0.39, 0.29) is 18.2 Å². The summed E-state index contributed by atoms with van der Waals surface area (Å²) in [4.78, 5) is 20.2. The molecule has 156 valence electrons. The van der Waals surface area contributed by atoms with E-state index in [1.165, 1.54) is 22.0 Å². The predicted molar refractivity (Wildman–Crippen MR) is 114 cm³/mol. The molecular formula is C20H26N4O3S2. The van der Waals surface area contributed by atoms with Gasteiger partial charge in [-0.25, -0.2) is 13.4 Å². The number of thiazole rings is 1. The molecule has 0 spiro atoms. The van der Waals surface area contributed by atoms with Crippen LogP contribution >= 0.6 is 11.3 Å². The molecule has 1 aromatic heterocycles. The van der Waals surface area contributed by atoms with Crippen LogP contribution in [0.1, 0.15) is 29.0 Å². The number of piperazine rings is 1. The number of rotatable bonds is 6. The standard InChI is InChI=1S/C20H26N4O3S2/c25-19(22-20-21-17-8-4-5-9-18(17)28-20)14-23-10-12-24(13-11-23)29(26,27)15-16-6-2-1-3-7-16/h1-3,6-7H,4-5,8-15H2,(H,21,22,25). The molecule has 2 aromatic rings. The number of carbonyl (C=O) groups is 1. The third-order valence-electron chi connectivity index (χ3n) is 5.38. The fourth-order valence-corrected chi connectivity index (χ4v) is 6.39. The molecule has 0 bridgehead atoms. The minimum atomic E-state index is -3.34. The molecule has 2 aliphatic rings. The Morgan fingerprint density at radius 3 is 2.52 bits per heavy atom. The second-order valence-electron chi connectivity index (χ2n) is 7.56. The van der Waals surface area contributed by atoms with Crippen molar-refractivity contribution in [3.63, 3.8) is 0 Å². The fourth-order valence-electron chi connectivity index (χ4n) is 3.81. The number of fused-ring (bicyclic) bond motifs is 1. The molecule has 9 heteroatoms. The summed E-state index contributed by atoms with van der Waals surface area (Å²) in [5, 5.41) is 3.60. The van der Waals surface area contributed by atoms with Gasteiger partial charge in [-0.15, -0.1) is 11.3 Å². The minimum absolute atomic E-state index is 0.0169. The Balaban J connectivity index is 1.26. The van der Waals surface area contributed by atoms with Gasteiger partial charge in [0.1, 0.15) is 0 Å². The number of sulfonamides is 1. The Labute approximate surface area is 175 Å². The van der Waals surface area contributed by atoms with Crippen LogP contribution in [0, 0.1) is 0 Å². The van der Waals surface area contributed by atoms with E-state index in [1.54, 1.807) is 11.3 Å². The molecule has 4 rings (SSSR count). The number of hydrogen-bond donors (Lipinski definition) is 1. The Kier molecular flexibility index (Phi) is 6.29. The molecule has 2 heterocycles. The van der Waals surface area contributed by atoms with E-state index in [1.807, 2.05) is 35.2 Å². The number of aromatic nitrogens is 1. The van der Waals surface area contributed by atoms with Gasteiger partial charge in [-0.2, -0.15) is 4.31 Å². The second kappa shape index (κ2) is 8.91. The first-order valence-corrected chi connectivity index (χ1v) is 12.4. The van der Waals surface area contributed by atoms with Crippen LogP contribution in [0.4, 0.5) is 5.13 Å². The average molecular weight is 435 g/mol. The molecule has 1 N–H and O–H groups in total. The van der Waals surface area contributed by atoms with Crippen LogP contribution < -0.4 is 5.32 Å². The molecule has 0 radical (unpaired) electrons. The molecule has 1 saturated heterocycles. The van der Waals surface area contributed by atoms with E-state index in [2.05, 4.69) is 10.3 Å². The lowest BCUT2D eigenvalue weighted by molar-refractivity contribution is -0.117. The highest BCUT2D eigenvalue weighted by atomic mass is 32.2. The number of aryl methyl sites for hydroxylation is 2. The van der Waals surface area contributed by atoms with Gasteiger partial charge in [-0.1, -0.05) is 30.3 Å². The van der Waals surface area contributed by atoms with Crippen LogP contribution in [0.5, 0.6) is 0 Å². The van der Waals surface area contributed by atoms with E-state index < -0.39 is 10.0 Å². The molecule has 0 atom stereocenters. The van der Waals surface area contributed by atoms with Gasteiger partial charge in [-0.05, 0) is 31.2 Å². The van der Waals surface area contributed by atoms with E-state index >= 15 is 0 Å². The molecule has 1 aliphatic heterocycles. The topological polar surface area (TPSA) is 82.6 Å². The lowest BCUT2D eigenvalue weighted by Crippen LogP contribution is -2.50. The summed E-state index contributed by atoms with van der Waals surface area (Å²) in [6.45, 7) is 2.18. The first-order valence-electron chi connectivity index (χ1n) is 10.0. The first-order chi connectivity index (χ1) is 14.0. The SMILES string of the molecule is O=C(CN1CCN(S(=O)(=O)Cc2ccccc2)CC1)Nc1nc2c(s1)CCCC2. The van der Waals surface area contributed by atoms with Crippen LogP contribution in [0.15, 0.2) is 30.3 Å². The number of hydrogen-bond acceptors (Lipinski definition) is 6. The second-order valence-corrected chi connectivity index (χ2v) is 10.6. The van der Waals surface area contributed by atoms with Crippen molar-refractivity contribution in [2.75, 3.05) is 38.0 Å². The maximum atomic E-state index is 12.6. The molecule has 0 saturated carbocycles. The maximum Gasteiger partial charge on any atom is 0.240 e. The monoisotopic (exact) mass is 434 g/mol. The molecule has 1 aliphatic carbocycles. The molecule has 1 fully saturated rings. The number of nitrogens with zero attached hydrogens (tertiary/aromatic N) is 3. The highest BCUT2D eigenvalue weighted by Crippen LogP contribution is 2.29. The summed E-state index contributed by atoms with van der Waals surface area (Å²) in [6.07, 6.45) is 4.42. The Morgan fingerprint density at radius 2 is 1.79 bits per heavy atom. The van der Waals surface area contributed by atoms with E-state index in [4.69, 9.17) is 0 Å². The van der Waals surface area contributed by atoms with Gasteiger partial charge in [-0.3, -0.25) is 9.69 Å². The van der Waals surface area contributed by atoms with Gasteiger partial charge in [0.15, 0.2) is 5.13 Å². The summed E-state index contributed by atoms with van der Waals surface area (Å²) >= 11 is 1.58. The van der Waals surface area contributed by atoms with E-state index in [9.17, 15) is 13.2 Å². The molecule has 29 heavy (non-hydrogen) atoms. The molecule has 1 aromatic carbocycles. The zero-order chi connectivity index (χ0) is 20.3. The van der Waals surface area contributed by atoms with Crippen molar-refractivity contribution in [3.8, 4) is 0 Å². The third kappa shape index (κ3) is 5.22. The van der Waals surface area contributed by atoms with Crippen molar-refractivity contribution in [2.45, 2.75) is 31.4 Å². The van der Waals surface area contributed by atoms with Crippen molar-refractivity contribution >= 4 is 32.4 Å². The number of amides is 1. The average Bonchev–Trinajstić information content (AvgIpc) is 3.11. The van der Waals surface area contributed by atoms with E-state index in [0.717, 1.165) is 24.1 Å². The molecule has 0 unspecified atom stereocenters. The van der Waals surface area contributed by atoms with Crippen LogP contribution in [-0.2, 0) is 33.4 Å². The Bertz CT molecular complexity index is 928. The van der Waals surface area contributed by atoms with E-state index in [0.29, 0.717) is 31.3 Å². The minimum Gasteiger partial charge on any atom is -0.301 e. The number of nitrogens with one attached hydrogen (secondary N) is 1. The fraction of sp³-hybridized carbons (Fsp3) is 0.500. The number of carbonyl (C=O) groups excluding carboxylic acids is 1. The van der Waals surface area contributed by atoms with Crippen molar-refractivity contribution in [2.24, 2.45) is 0 Å². The van der Waals surface area contributed by atoms with Crippen LogP contribution in [-0.4, -0.2) is 61.2 Å². The van der Waals surface area contributed by atoms with Crippen LogP contribution in [0.3, 0.4) is 0 Å². The molecular weight excluding hydrogens is 408 g/mol. The smallest absolute Gasteiger partial charge is 0.240 e. The number of benzene rings is 1.